The third-order valence-corrected chi connectivity index (χ3v) is 5.63. The van der Waals surface area contributed by atoms with Gasteiger partial charge in [-0.2, -0.15) is 4.98 Å². The summed E-state index contributed by atoms with van der Waals surface area (Å²) in [5.74, 6) is 2.27. The van der Waals surface area contributed by atoms with Gasteiger partial charge in [0.05, 0.1) is 18.1 Å². The first kappa shape index (κ1) is 14.7. The van der Waals surface area contributed by atoms with Crippen LogP contribution >= 0.6 is 0 Å². The molecule has 5 heteroatoms. The third kappa shape index (κ3) is 2.26. The van der Waals surface area contributed by atoms with Crippen molar-refractivity contribution in [2.45, 2.75) is 55.9 Å². The van der Waals surface area contributed by atoms with Gasteiger partial charge >= 0.3 is 0 Å². The Hall–Kier alpha value is -1.88. The van der Waals surface area contributed by atoms with E-state index in [1.165, 1.54) is 12.0 Å². The number of methoxy groups -OCH3 is 1. The summed E-state index contributed by atoms with van der Waals surface area (Å²) in [6.45, 7) is 0. The SMILES string of the molecule is COc1ccc(C2(c3nc(C4(N)CCCC4)no3)CCC2)cc1. The maximum absolute atomic E-state index is 6.47. The van der Waals surface area contributed by atoms with Gasteiger partial charge in [0.1, 0.15) is 5.75 Å². The van der Waals surface area contributed by atoms with Crippen LogP contribution in [0.25, 0.3) is 0 Å². The molecule has 4 rings (SSSR count). The van der Waals surface area contributed by atoms with Crippen molar-refractivity contribution in [2.24, 2.45) is 5.73 Å². The largest absolute Gasteiger partial charge is 0.497 e. The van der Waals surface area contributed by atoms with Gasteiger partial charge in [0, 0.05) is 0 Å². The van der Waals surface area contributed by atoms with Crippen molar-refractivity contribution in [2.75, 3.05) is 7.11 Å². The van der Waals surface area contributed by atoms with Crippen molar-refractivity contribution >= 4 is 0 Å². The Morgan fingerprint density at radius 1 is 1.04 bits per heavy atom. The van der Waals surface area contributed by atoms with Crippen LogP contribution in [0.1, 0.15) is 62.2 Å². The van der Waals surface area contributed by atoms with Gasteiger partial charge in [0.25, 0.3) is 0 Å². The van der Waals surface area contributed by atoms with Crippen LogP contribution in [0.4, 0.5) is 0 Å². The number of hydrogen-bond acceptors (Lipinski definition) is 5. The number of aromatic nitrogens is 2. The van der Waals surface area contributed by atoms with E-state index < -0.39 is 5.54 Å². The number of nitrogens with zero attached hydrogens (tertiary/aromatic N) is 2. The highest BCUT2D eigenvalue weighted by Gasteiger charge is 2.46. The molecule has 1 aromatic carbocycles. The van der Waals surface area contributed by atoms with Crippen molar-refractivity contribution in [1.82, 2.24) is 10.1 Å². The molecule has 0 radical (unpaired) electrons. The second kappa shape index (κ2) is 5.34. The molecule has 0 bridgehead atoms. The van der Waals surface area contributed by atoms with E-state index in [0.717, 1.165) is 50.2 Å². The minimum atomic E-state index is -0.396. The van der Waals surface area contributed by atoms with Gasteiger partial charge in [0.15, 0.2) is 5.82 Å². The zero-order chi connectivity index (χ0) is 15.9. The van der Waals surface area contributed by atoms with Gasteiger partial charge in [0.2, 0.25) is 5.89 Å². The quantitative estimate of drug-likeness (QED) is 0.937. The molecule has 2 fully saturated rings. The summed E-state index contributed by atoms with van der Waals surface area (Å²) in [7, 11) is 1.68. The number of nitrogens with two attached hydrogens (primary N) is 1. The number of benzene rings is 1. The van der Waals surface area contributed by atoms with Gasteiger partial charge in [-0.05, 0) is 43.4 Å². The highest BCUT2D eigenvalue weighted by atomic mass is 16.5. The predicted molar refractivity (Wildman–Crippen MR) is 86.3 cm³/mol. The van der Waals surface area contributed by atoms with E-state index >= 15 is 0 Å². The average molecular weight is 313 g/mol. The van der Waals surface area contributed by atoms with Crippen LogP contribution in [0.5, 0.6) is 5.75 Å². The lowest BCUT2D eigenvalue weighted by molar-refractivity contribution is 0.215. The van der Waals surface area contributed by atoms with Gasteiger partial charge < -0.3 is 15.0 Å². The summed E-state index contributed by atoms with van der Waals surface area (Å²) in [5.41, 5.74) is 7.15. The van der Waals surface area contributed by atoms with Gasteiger partial charge in [-0.15, -0.1) is 0 Å². The molecule has 23 heavy (non-hydrogen) atoms. The summed E-state index contributed by atoms with van der Waals surface area (Å²) < 4.78 is 10.9. The normalized spacial score (nSPS) is 21.8. The van der Waals surface area contributed by atoms with Crippen LogP contribution < -0.4 is 10.5 Å². The molecule has 122 valence electrons. The zero-order valence-corrected chi connectivity index (χ0v) is 13.5. The Kier molecular flexibility index (Phi) is 3.41. The molecular formula is C18H23N3O2. The van der Waals surface area contributed by atoms with Crippen molar-refractivity contribution in [3.05, 3.63) is 41.5 Å². The molecular weight excluding hydrogens is 290 g/mol. The summed E-state index contributed by atoms with van der Waals surface area (Å²) in [5, 5.41) is 4.24. The highest BCUT2D eigenvalue weighted by Crippen LogP contribution is 2.49. The molecule has 0 spiro atoms. The first-order valence-electron chi connectivity index (χ1n) is 8.44. The van der Waals surface area contributed by atoms with Crippen molar-refractivity contribution in [3.8, 4) is 5.75 Å². The van der Waals surface area contributed by atoms with Crippen molar-refractivity contribution in [1.29, 1.82) is 0 Å². The van der Waals surface area contributed by atoms with Gasteiger partial charge in [-0.25, -0.2) is 0 Å². The Balaban J connectivity index is 1.68. The molecule has 2 aromatic rings. The molecule has 1 heterocycles. The molecule has 0 amide bonds. The van der Waals surface area contributed by atoms with E-state index in [4.69, 9.17) is 20.0 Å². The van der Waals surface area contributed by atoms with Crippen LogP contribution in [0, 0.1) is 0 Å². The van der Waals surface area contributed by atoms with Crippen molar-refractivity contribution in [3.63, 3.8) is 0 Å². The average Bonchev–Trinajstić information content (AvgIpc) is 3.18. The van der Waals surface area contributed by atoms with Crippen LogP contribution in [-0.4, -0.2) is 17.3 Å². The van der Waals surface area contributed by atoms with Crippen molar-refractivity contribution < 1.29 is 9.26 Å². The third-order valence-electron chi connectivity index (χ3n) is 5.63. The maximum atomic E-state index is 6.47. The first-order chi connectivity index (χ1) is 11.2. The van der Waals surface area contributed by atoms with E-state index in [2.05, 4.69) is 17.3 Å². The highest BCUT2D eigenvalue weighted by molar-refractivity contribution is 5.38. The minimum Gasteiger partial charge on any atom is -0.497 e. The van der Waals surface area contributed by atoms with E-state index in [9.17, 15) is 0 Å². The molecule has 0 atom stereocenters. The molecule has 1 aromatic heterocycles. The number of rotatable bonds is 4. The second-order valence-corrected chi connectivity index (χ2v) is 6.95. The molecule has 2 aliphatic carbocycles. The van der Waals surface area contributed by atoms with E-state index in [-0.39, 0.29) is 5.41 Å². The molecule has 0 unspecified atom stereocenters. The second-order valence-electron chi connectivity index (χ2n) is 6.95. The fourth-order valence-electron chi connectivity index (χ4n) is 3.92. The lowest BCUT2D eigenvalue weighted by Crippen LogP contribution is -2.37. The van der Waals surface area contributed by atoms with E-state index in [0.29, 0.717) is 5.82 Å². The fraction of sp³-hybridized carbons (Fsp3) is 0.556. The van der Waals surface area contributed by atoms with Crippen LogP contribution in [0.15, 0.2) is 28.8 Å². The lowest BCUT2D eigenvalue weighted by atomic mass is 9.64. The van der Waals surface area contributed by atoms with Crippen LogP contribution in [-0.2, 0) is 11.0 Å². The molecule has 0 saturated heterocycles. The smallest absolute Gasteiger partial charge is 0.237 e. The summed E-state index contributed by atoms with van der Waals surface area (Å²) in [6.07, 6.45) is 7.44. The van der Waals surface area contributed by atoms with Crippen LogP contribution in [0.2, 0.25) is 0 Å². The Morgan fingerprint density at radius 3 is 2.30 bits per heavy atom. The summed E-state index contributed by atoms with van der Waals surface area (Å²) >= 11 is 0. The minimum absolute atomic E-state index is 0.146. The maximum Gasteiger partial charge on any atom is 0.237 e. The zero-order valence-electron chi connectivity index (χ0n) is 13.5. The van der Waals surface area contributed by atoms with Gasteiger partial charge in [-0.3, -0.25) is 0 Å². The Labute approximate surface area is 136 Å². The summed E-state index contributed by atoms with van der Waals surface area (Å²) in [4.78, 5) is 4.74. The monoisotopic (exact) mass is 313 g/mol. The number of hydrogen-bond donors (Lipinski definition) is 1. The standard InChI is InChI=1S/C18H23N3O2/c1-22-14-7-5-13(6-8-14)17(9-4-10-17)16-20-15(21-23-16)18(19)11-2-3-12-18/h5-8H,2-4,9-12,19H2,1H3. The molecule has 5 nitrogen and oxygen atoms in total. The Bertz CT molecular complexity index is 683. The molecule has 2 saturated carbocycles. The first-order valence-corrected chi connectivity index (χ1v) is 8.44. The molecule has 0 aliphatic heterocycles. The molecule has 2 aliphatic rings. The van der Waals surface area contributed by atoms with Crippen LogP contribution in [0.3, 0.4) is 0 Å². The van der Waals surface area contributed by atoms with E-state index in [1.54, 1.807) is 7.11 Å². The summed E-state index contributed by atoms with van der Waals surface area (Å²) in [6, 6.07) is 8.20. The fourth-order valence-corrected chi connectivity index (χ4v) is 3.92. The van der Waals surface area contributed by atoms with E-state index in [1.807, 2.05) is 12.1 Å². The predicted octanol–water partition coefficient (Wildman–Crippen LogP) is 3.28. The Morgan fingerprint density at radius 2 is 1.74 bits per heavy atom. The topological polar surface area (TPSA) is 74.2 Å². The number of ether oxygens (including phenoxy) is 1. The lowest BCUT2D eigenvalue weighted by Gasteiger charge is -2.39. The van der Waals surface area contributed by atoms with Gasteiger partial charge in [-0.1, -0.05) is 36.6 Å². The molecule has 2 N–H and O–H groups in total.